The summed E-state index contributed by atoms with van der Waals surface area (Å²) in [7, 11) is 1.47. The zero-order chi connectivity index (χ0) is 16.3. The second kappa shape index (κ2) is 6.33. The molecule has 2 aliphatic heterocycles. The van der Waals surface area contributed by atoms with Crippen LogP contribution in [0.3, 0.4) is 0 Å². The standard InChI is InChI=1S/C14H15N3O5/c1-15-10(18)3-2-9(17-13(21)6-7-14(17)22)8-16-11(19)4-5-12(16)20/h4-7,9H,2-3,8H2,1H3,(H,15,18). The molecule has 1 atom stereocenters. The smallest absolute Gasteiger partial charge is 0.253 e. The maximum Gasteiger partial charge on any atom is 0.253 e. The van der Waals surface area contributed by atoms with Crippen molar-refractivity contribution in [2.45, 2.75) is 18.9 Å². The molecule has 0 radical (unpaired) electrons. The van der Waals surface area contributed by atoms with Crippen LogP contribution in [0.15, 0.2) is 24.3 Å². The number of carbonyl (C=O) groups excluding carboxylic acids is 5. The molecule has 0 aromatic carbocycles. The highest BCUT2D eigenvalue weighted by atomic mass is 16.2. The molecule has 8 heteroatoms. The lowest BCUT2D eigenvalue weighted by atomic mass is 10.1. The van der Waals surface area contributed by atoms with Crippen LogP contribution >= 0.6 is 0 Å². The summed E-state index contributed by atoms with van der Waals surface area (Å²) in [6.45, 7) is -0.124. The normalized spacial score (nSPS) is 18.6. The fourth-order valence-electron chi connectivity index (χ4n) is 2.32. The van der Waals surface area contributed by atoms with E-state index in [0.29, 0.717) is 0 Å². The predicted octanol–water partition coefficient (Wildman–Crippen LogP) is -1.27. The second-order valence-corrected chi connectivity index (χ2v) is 4.87. The van der Waals surface area contributed by atoms with Crippen molar-refractivity contribution < 1.29 is 24.0 Å². The molecule has 0 aliphatic carbocycles. The van der Waals surface area contributed by atoms with Crippen LogP contribution in [0.5, 0.6) is 0 Å². The topological polar surface area (TPSA) is 104 Å². The number of rotatable bonds is 6. The average molecular weight is 305 g/mol. The third-order valence-corrected chi connectivity index (χ3v) is 3.49. The maximum absolute atomic E-state index is 11.8. The quantitative estimate of drug-likeness (QED) is 0.616. The van der Waals surface area contributed by atoms with Crippen molar-refractivity contribution in [1.29, 1.82) is 0 Å². The van der Waals surface area contributed by atoms with Crippen molar-refractivity contribution in [3.05, 3.63) is 24.3 Å². The van der Waals surface area contributed by atoms with Crippen molar-refractivity contribution in [3.8, 4) is 0 Å². The Labute approximate surface area is 126 Å². The first-order valence-corrected chi connectivity index (χ1v) is 6.73. The lowest BCUT2D eigenvalue weighted by molar-refractivity contribution is -0.145. The first-order chi connectivity index (χ1) is 10.4. The summed E-state index contributed by atoms with van der Waals surface area (Å²) in [4.78, 5) is 60.1. The van der Waals surface area contributed by atoms with Crippen LogP contribution in [0.2, 0.25) is 0 Å². The molecule has 0 bridgehead atoms. The number of hydrogen-bond acceptors (Lipinski definition) is 5. The van der Waals surface area contributed by atoms with Gasteiger partial charge in [0.2, 0.25) is 5.91 Å². The van der Waals surface area contributed by atoms with E-state index in [-0.39, 0.29) is 25.3 Å². The molecule has 22 heavy (non-hydrogen) atoms. The van der Waals surface area contributed by atoms with E-state index < -0.39 is 29.7 Å². The van der Waals surface area contributed by atoms with E-state index in [1.54, 1.807) is 0 Å². The van der Waals surface area contributed by atoms with Crippen molar-refractivity contribution in [2.24, 2.45) is 0 Å². The van der Waals surface area contributed by atoms with Crippen LogP contribution in [0.1, 0.15) is 12.8 Å². The van der Waals surface area contributed by atoms with E-state index in [2.05, 4.69) is 5.32 Å². The Kier molecular flexibility index (Phi) is 4.50. The van der Waals surface area contributed by atoms with E-state index in [0.717, 1.165) is 34.1 Å². The van der Waals surface area contributed by atoms with Gasteiger partial charge in [-0.2, -0.15) is 0 Å². The third-order valence-electron chi connectivity index (χ3n) is 3.49. The summed E-state index contributed by atoms with van der Waals surface area (Å²) in [5.74, 6) is -2.28. The summed E-state index contributed by atoms with van der Waals surface area (Å²) in [5, 5.41) is 2.44. The van der Waals surface area contributed by atoms with Gasteiger partial charge in [0.15, 0.2) is 0 Å². The van der Waals surface area contributed by atoms with Crippen LogP contribution in [0.4, 0.5) is 0 Å². The van der Waals surface area contributed by atoms with E-state index in [1.165, 1.54) is 7.05 Å². The molecule has 2 rings (SSSR count). The molecule has 116 valence electrons. The Morgan fingerprint density at radius 1 is 1.00 bits per heavy atom. The van der Waals surface area contributed by atoms with Crippen LogP contribution < -0.4 is 5.32 Å². The maximum atomic E-state index is 11.8. The third kappa shape index (κ3) is 3.11. The highest BCUT2D eigenvalue weighted by Crippen LogP contribution is 2.17. The van der Waals surface area contributed by atoms with Crippen LogP contribution in [0, 0.1) is 0 Å². The van der Waals surface area contributed by atoms with Gasteiger partial charge in [0, 0.05) is 37.8 Å². The van der Waals surface area contributed by atoms with Crippen LogP contribution in [0.25, 0.3) is 0 Å². The van der Waals surface area contributed by atoms with Gasteiger partial charge in [0.05, 0.1) is 12.6 Å². The molecule has 5 amide bonds. The molecule has 2 aliphatic rings. The SMILES string of the molecule is CNC(=O)CCC(CN1C(=O)C=CC1=O)N1C(=O)C=CC1=O. The van der Waals surface area contributed by atoms with Gasteiger partial charge in [-0.1, -0.05) is 0 Å². The molecular weight excluding hydrogens is 290 g/mol. The second-order valence-electron chi connectivity index (χ2n) is 4.87. The number of nitrogens with zero attached hydrogens (tertiary/aromatic N) is 2. The lowest BCUT2D eigenvalue weighted by Crippen LogP contribution is -2.48. The van der Waals surface area contributed by atoms with Gasteiger partial charge < -0.3 is 5.32 Å². The van der Waals surface area contributed by atoms with E-state index in [1.807, 2.05) is 0 Å². The zero-order valence-corrected chi connectivity index (χ0v) is 11.9. The summed E-state index contributed by atoms with van der Waals surface area (Å²) < 4.78 is 0. The number of imide groups is 2. The number of amides is 5. The monoisotopic (exact) mass is 305 g/mol. The molecule has 0 fully saturated rings. The molecule has 0 saturated heterocycles. The first kappa shape index (κ1) is 15.6. The minimum absolute atomic E-state index is 0.0713. The zero-order valence-electron chi connectivity index (χ0n) is 11.9. The Hall–Kier alpha value is -2.77. The Morgan fingerprint density at radius 3 is 2.00 bits per heavy atom. The molecule has 2 heterocycles. The minimum Gasteiger partial charge on any atom is -0.359 e. The summed E-state index contributed by atoms with van der Waals surface area (Å²) in [6, 6.07) is -0.736. The van der Waals surface area contributed by atoms with Gasteiger partial charge in [-0.15, -0.1) is 0 Å². The summed E-state index contributed by atoms with van der Waals surface area (Å²) in [5.41, 5.74) is 0. The summed E-state index contributed by atoms with van der Waals surface area (Å²) in [6.07, 6.45) is 4.74. The van der Waals surface area contributed by atoms with Gasteiger partial charge in [-0.3, -0.25) is 33.8 Å². The van der Waals surface area contributed by atoms with Gasteiger partial charge in [0.1, 0.15) is 0 Å². The van der Waals surface area contributed by atoms with Gasteiger partial charge in [0.25, 0.3) is 23.6 Å². The minimum atomic E-state index is -0.736. The molecule has 0 spiro atoms. The Morgan fingerprint density at radius 2 is 1.50 bits per heavy atom. The molecule has 0 aromatic rings. The van der Waals surface area contributed by atoms with Crippen LogP contribution in [-0.2, 0) is 24.0 Å². The predicted molar refractivity (Wildman–Crippen MR) is 73.9 cm³/mol. The first-order valence-electron chi connectivity index (χ1n) is 6.73. The fraction of sp³-hybridized carbons (Fsp3) is 0.357. The Bertz CT molecular complexity index is 572. The van der Waals surface area contributed by atoms with Crippen molar-refractivity contribution in [1.82, 2.24) is 15.1 Å². The molecule has 0 aromatic heterocycles. The number of hydrogen-bond donors (Lipinski definition) is 1. The lowest BCUT2D eigenvalue weighted by Gasteiger charge is -2.29. The largest absolute Gasteiger partial charge is 0.359 e. The average Bonchev–Trinajstić information content (AvgIpc) is 2.99. The van der Waals surface area contributed by atoms with Gasteiger partial charge in [-0.05, 0) is 6.42 Å². The summed E-state index contributed by atoms with van der Waals surface area (Å²) >= 11 is 0. The number of carbonyl (C=O) groups is 5. The van der Waals surface area contributed by atoms with Crippen molar-refractivity contribution >= 4 is 29.5 Å². The van der Waals surface area contributed by atoms with Crippen molar-refractivity contribution in [3.63, 3.8) is 0 Å². The highest BCUT2D eigenvalue weighted by molar-refractivity contribution is 6.14. The fourth-order valence-corrected chi connectivity index (χ4v) is 2.32. The molecule has 8 nitrogen and oxygen atoms in total. The molecule has 1 N–H and O–H groups in total. The number of nitrogens with one attached hydrogen (secondary N) is 1. The Balaban J connectivity index is 2.13. The van der Waals surface area contributed by atoms with Crippen LogP contribution in [-0.4, -0.2) is 59.0 Å². The molecule has 1 unspecified atom stereocenters. The molecular formula is C14H15N3O5. The van der Waals surface area contributed by atoms with E-state index in [4.69, 9.17) is 0 Å². The van der Waals surface area contributed by atoms with Gasteiger partial charge >= 0.3 is 0 Å². The van der Waals surface area contributed by atoms with E-state index in [9.17, 15) is 24.0 Å². The van der Waals surface area contributed by atoms with Crippen molar-refractivity contribution in [2.75, 3.05) is 13.6 Å². The van der Waals surface area contributed by atoms with E-state index >= 15 is 0 Å². The van der Waals surface area contributed by atoms with Gasteiger partial charge in [-0.25, -0.2) is 0 Å². The highest BCUT2D eigenvalue weighted by Gasteiger charge is 2.35. The molecule has 0 saturated carbocycles.